The zero-order valence-corrected chi connectivity index (χ0v) is 14.0. The van der Waals surface area contributed by atoms with Crippen LogP contribution in [0.4, 0.5) is 14.3 Å². The van der Waals surface area contributed by atoms with Gasteiger partial charge in [-0.2, -0.15) is 0 Å². The van der Waals surface area contributed by atoms with Gasteiger partial charge >= 0.3 is 12.0 Å². The van der Waals surface area contributed by atoms with Gasteiger partial charge in [0.25, 0.3) is 0 Å². The number of halogens is 1. The van der Waals surface area contributed by atoms with Crippen LogP contribution in [0, 0.1) is 11.7 Å². The number of carbonyl (C=O) groups excluding carboxylic acids is 1. The number of aliphatic carboxylic acids is 1. The van der Waals surface area contributed by atoms with Gasteiger partial charge in [0.15, 0.2) is 0 Å². The monoisotopic (exact) mass is 352 g/mol. The number of rotatable bonds is 6. The zero-order chi connectivity index (χ0) is 17.7. The van der Waals surface area contributed by atoms with E-state index in [2.05, 4.69) is 15.5 Å². The second-order valence-electron chi connectivity index (χ2n) is 5.36. The van der Waals surface area contributed by atoms with E-state index in [1.54, 1.807) is 12.1 Å². The number of carbonyl (C=O) groups is 2. The Morgan fingerprint density at radius 1 is 1.42 bits per heavy atom. The number of nitrogens with one attached hydrogen (secondary N) is 1. The third-order valence-corrected chi connectivity index (χ3v) is 4.08. The lowest BCUT2D eigenvalue weighted by molar-refractivity contribution is -0.141. The Kier molecular flexibility index (Phi) is 5.80. The van der Waals surface area contributed by atoms with Crippen molar-refractivity contribution >= 4 is 28.5 Å². The fourth-order valence-corrected chi connectivity index (χ4v) is 2.72. The summed E-state index contributed by atoms with van der Waals surface area (Å²) in [5.41, 5.74) is 0.761. The number of hydrogen-bond donors (Lipinski definition) is 2. The molecular formula is C15H17FN4O3S. The summed E-state index contributed by atoms with van der Waals surface area (Å²) in [6, 6.07) is 5.72. The van der Waals surface area contributed by atoms with Crippen LogP contribution in [0.25, 0.3) is 0 Å². The number of anilines is 1. The van der Waals surface area contributed by atoms with Crippen molar-refractivity contribution in [2.45, 2.75) is 13.3 Å². The van der Waals surface area contributed by atoms with Crippen LogP contribution < -0.4 is 5.32 Å². The van der Waals surface area contributed by atoms with Gasteiger partial charge in [0, 0.05) is 20.0 Å². The quantitative estimate of drug-likeness (QED) is 0.833. The number of nitrogens with zero attached hydrogens (tertiary/aromatic N) is 3. The fourth-order valence-electron chi connectivity index (χ4n) is 1.96. The summed E-state index contributed by atoms with van der Waals surface area (Å²) in [6.45, 7) is 1.60. The molecule has 24 heavy (non-hydrogen) atoms. The molecule has 2 N–H and O–H groups in total. The first-order valence-corrected chi connectivity index (χ1v) is 7.98. The maximum Gasteiger partial charge on any atom is 0.323 e. The predicted octanol–water partition coefficient (Wildman–Crippen LogP) is 2.45. The van der Waals surface area contributed by atoms with Crippen LogP contribution in [0.1, 0.15) is 17.5 Å². The molecule has 1 aromatic heterocycles. The van der Waals surface area contributed by atoms with Crippen LogP contribution in [0.5, 0.6) is 0 Å². The van der Waals surface area contributed by atoms with Crippen LogP contribution >= 0.6 is 11.3 Å². The maximum absolute atomic E-state index is 13.2. The fraction of sp³-hybridized carbons (Fsp3) is 0.333. The van der Waals surface area contributed by atoms with E-state index in [1.165, 1.54) is 42.3 Å². The number of urea groups is 1. The van der Waals surface area contributed by atoms with Crippen molar-refractivity contribution in [3.05, 3.63) is 40.7 Å². The van der Waals surface area contributed by atoms with E-state index in [0.29, 0.717) is 16.6 Å². The predicted molar refractivity (Wildman–Crippen MR) is 87.6 cm³/mol. The molecule has 0 bridgehead atoms. The Morgan fingerprint density at radius 2 is 2.17 bits per heavy atom. The third-order valence-electron chi connectivity index (χ3n) is 3.24. The molecule has 0 aliphatic heterocycles. The van der Waals surface area contributed by atoms with Crippen molar-refractivity contribution in [3.8, 4) is 0 Å². The van der Waals surface area contributed by atoms with Crippen molar-refractivity contribution in [3.63, 3.8) is 0 Å². The summed E-state index contributed by atoms with van der Waals surface area (Å²) in [6.07, 6.45) is 0.414. The molecule has 2 amide bonds. The molecule has 2 rings (SSSR count). The molecule has 9 heteroatoms. The maximum atomic E-state index is 13.2. The standard InChI is InChI=1S/C15H17FN4O3S/c1-9(13(21)22)8-20(2)15(23)17-14-19-18-12(24-14)7-10-4-3-5-11(16)6-10/h3-6,9H,7-8H2,1-2H3,(H,21,22)(H,17,19,23). The number of benzene rings is 1. The summed E-state index contributed by atoms with van der Waals surface area (Å²) in [7, 11) is 1.50. The van der Waals surface area contributed by atoms with Gasteiger partial charge in [-0.3, -0.25) is 10.1 Å². The van der Waals surface area contributed by atoms with Gasteiger partial charge < -0.3 is 10.0 Å². The molecule has 1 heterocycles. The molecule has 0 aliphatic rings. The summed E-state index contributed by atoms with van der Waals surface area (Å²) in [5, 5.41) is 20.2. The molecule has 0 radical (unpaired) electrons. The van der Waals surface area contributed by atoms with E-state index in [0.717, 1.165) is 5.56 Å². The van der Waals surface area contributed by atoms with Crippen molar-refractivity contribution in [2.75, 3.05) is 18.9 Å². The van der Waals surface area contributed by atoms with Gasteiger partial charge in [0.2, 0.25) is 5.13 Å². The van der Waals surface area contributed by atoms with Gasteiger partial charge in [0.05, 0.1) is 5.92 Å². The topological polar surface area (TPSA) is 95.4 Å². The molecule has 2 aromatic rings. The molecule has 0 saturated carbocycles. The summed E-state index contributed by atoms with van der Waals surface area (Å²) in [5.74, 6) is -1.96. The first-order chi connectivity index (χ1) is 11.3. The number of aromatic nitrogens is 2. The highest BCUT2D eigenvalue weighted by molar-refractivity contribution is 7.15. The van der Waals surface area contributed by atoms with Gasteiger partial charge in [-0.15, -0.1) is 10.2 Å². The van der Waals surface area contributed by atoms with Crippen molar-refractivity contribution in [2.24, 2.45) is 5.92 Å². The molecule has 1 aromatic carbocycles. The molecule has 0 spiro atoms. The van der Waals surface area contributed by atoms with Crippen LogP contribution in [0.2, 0.25) is 0 Å². The minimum absolute atomic E-state index is 0.0795. The smallest absolute Gasteiger partial charge is 0.323 e. The number of carboxylic acid groups (broad SMARTS) is 1. The second kappa shape index (κ2) is 7.82. The van der Waals surface area contributed by atoms with Crippen molar-refractivity contribution in [1.82, 2.24) is 15.1 Å². The Bertz CT molecular complexity index is 737. The Morgan fingerprint density at radius 3 is 2.83 bits per heavy atom. The first kappa shape index (κ1) is 17.8. The SMILES string of the molecule is CC(CN(C)C(=O)Nc1nnc(Cc2cccc(F)c2)s1)C(=O)O. The first-order valence-electron chi connectivity index (χ1n) is 7.17. The Labute approximate surface area is 142 Å². The van der Waals surface area contributed by atoms with E-state index in [4.69, 9.17) is 5.11 Å². The van der Waals surface area contributed by atoms with Crippen LogP contribution in [-0.2, 0) is 11.2 Å². The van der Waals surface area contributed by atoms with E-state index in [9.17, 15) is 14.0 Å². The highest BCUT2D eigenvalue weighted by Gasteiger charge is 2.18. The van der Waals surface area contributed by atoms with Gasteiger partial charge in [-0.05, 0) is 17.7 Å². The van der Waals surface area contributed by atoms with Gasteiger partial charge in [0.1, 0.15) is 10.8 Å². The van der Waals surface area contributed by atoms with E-state index >= 15 is 0 Å². The lowest BCUT2D eigenvalue weighted by atomic mass is 10.1. The van der Waals surface area contributed by atoms with Crippen LogP contribution in [-0.4, -0.2) is 45.8 Å². The second-order valence-corrected chi connectivity index (χ2v) is 6.42. The summed E-state index contributed by atoms with van der Waals surface area (Å²) < 4.78 is 13.2. The largest absolute Gasteiger partial charge is 0.481 e. The minimum Gasteiger partial charge on any atom is -0.481 e. The van der Waals surface area contributed by atoms with Crippen molar-refractivity contribution in [1.29, 1.82) is 0 Å². The number of carboxylic acids is 1. The van der Waals surface area contributed by atoms with Crippen LogP contribution in [0.3, 0.4) is 0 Å². The zero-order valence-electron chi connectivity index (χ0n) is 13.2. The molecule has 7 nitrogen and oxygen atoms in total. The van der Waals surface area contributed by atoms with Gasteiger partial charge in [-0.1, -0.05) is 30.4 Å². The molecule has 1 unspecified atom stereocenters. The average molecular weight is 352 g/mol. The molecular weight excluding hydrogens is 335 g/mol. The number of hydrogen-bond acceptors (Lipinski definition) is 5. The van der Waals surface area contributed by atoms with Gasteiger partial charge in [-0.25, -0.2) is 9.18 Å². The Hall–Kier alpha value is -2.55. The number of amides is 2. The molecule has 0 aliphatic carbocycles. The van der Waals surface area contributed by atoms with E-state index in [-0.39, 0.29) is 12.4 Å². The highest BCUT2D eigenvalue weighted by Crippen LogP contribution is 2.19. The molecule has 1 atom stereocenters. The van der Waals surface area contributed by atoms with E-state index < -0.39 is 17.9 Å². The summed E-state index contributed by atoms with van der Waals surface area (Å²) >= 11 is 1.18. The minimum atomic E-state index is -0.969. The van der Waals surface area contributed by atoms with Crippen LogP contribution in [0.15, 0.2) is 24.3 Å². The highest BCUT2D eigenvalue weighted by atomic mass is 32.1. The molecule has 0 fully saturated rings. The summed E-state index contributed by atoms with van der Waals surface area (Å²) in [4.78, 5) is 24.1. The Balaban J connectivity index is 1.93. The van der Waals surface area contributed by atoms with E-state index in [1.807, 2.05) is 0 Å². The lowest BCUT2D eigenvalue weighted by Crippen LogP contribution is -2.36. The van der Waals surface area contributed by atoms with Crippen molar-refractivity contribution < 1.29 is 19.1 Å². The normalized spacial score (nSPS) is 11.8. The third kappa shape index (κ3) is 4.98. The lowest BCUT2D eigenvalue weighted by Gasteiger charge is -2.18. The molecule has 128 valence electrons. The average Bonchev–Trinajstić information content (AvgIpc) is 2.94. The molecule has 0 saturated heterocycles.